The van der Waals surface area contributed by atoms with Crippen LogP contribution in [-0.2, 0) is 0 Å². The van der Waals surface area contributed by atoms with Crippen LogP contribution in [0.3, 0.4) is 0 Å². The number of aromatic hydroxyl groups is 1. The number of benzene rings is 4. The van der Waals surface area contributed by atoms with Crippen molar-refractivity contribution in [1.82, 2.24) is 0 Å². The van der Waals surface area contributed by atoms with Gasteiger partial charge in [-0.2, -0.15) is 0 Å². The van der Waals surface area contributed by atoms with Gasteiger partial charge in [-0.15, -0.1) is 0 Å². The van der Waals surface area contributed by atoms with E-state index in [4.69, 9.17) is 0 Å². The zero-order valence-electron chi connectivity index (χ0n) is 16.0. The van der Waals surface area contributed by atoms with Crippen LogP contribution in [0.1, 0.15) is 29.3 Å². The van der Waals surface area contributed by atoms with E-state index in [0.29, 0.717) is 16.7 Å². The summed E-state index contributed by atoms with van der Waals surface area (Å²) in [4.78, 5) is 13.2. The van der Waals surface area contributed by atoms with Crippen molar-refractivity contribution in [2.75, 3.05) is 5.75 Å². The second-order valence-electron chi connectivity index (χ2n) is 7.54. The van der Waals surface area contributed by atoms with Crippen LogP contribution in [0, 0.1) is 6.92 Å². The summed E-state index contributed by atoms with van der Waals surface area (Å²) in [7, 11) is -0.546. The third-order valence-electron chi connectivity index (χ3n) is 5.81. The van der Waals surface area contributed by atoms with E-state index in [1.54, 1.807) is 0 Å². The highest BCUT2D eigenvalue weighted by Crippen LogP contribution is 2.43. The van der Waals surface area contributed by atoms with E-state index in [9.17, 15) is 9.90 Å². The zero-order valence-corrected chi connectivity index (χ0v) is 16.9. The molecule has 140 valence electrons. The second-order valence-corrected chi connectivity index (χ2v) is 9.45. The minimum atomic E-state index is -0.546. The van der Waals surface area contributed by atoms with Crippen LogP contribution in [0.2, 0.25) is 0 Å². The van der Waals surface area contributed by atoms with Crippen molar-refractivity contribution in [2.24, 2.45) is 0 Å². The van der Waals surface area contributed by atoms with E-state index >= 15 is 0 Å². The fourth-order valence-electron chi connectivity index (χ4n) is 4.31. The number of allylic oxidation sites excluding steroid dienone is 2. The van der Waals surface area contributed by atoms with Gasteiger partial charge in [0, 0.05) is 22.1 Å². The van der Waals surface area contributed by atoms with Gasteiger partial charge in [-0.3, -0.25) is 4.79 Å². The fraction of sp³-hybridized carbons (Fsp3) is 0.160. The highest BCUT2D eigenvalue weighted by atomic mass is 32.2. The minimum Gasteiger partial charge on any atom is -0.507 e. The van der Waals surface area contributed by atoms with Crippen molar-refractivity contribution in [3.05, 3.63) is 76.1 Å². The van der Waals surface area contributed by atoms with Crippen LogP contribution < -0.4 is 0 Å². The number of aryl methyl sites for hydroxylation is 1. The quantitative estimate of drug-likeness (QED) is 0.235. The number of rotatable bonds is 4. The maximum atomic E-state index is 13.2. The predicted octanol–water partition coefficient (Wildman–Crippen LogP) is 6.60. The summed E-state index contributed by atoms with van der Waals surface area (Å²) < 4.78 is 0. The van der Waals surface area contributed by atoms with Crippen molar-refractivity contribution >= 4 is 49.0 Å². The van der Waals surface area contributed by atoms with Gasteiger partial charge in [0.25, 0.3) is 0 Å². The summed E-state index contributed by atoms with van der Waals surface area (Å²) in [6.07, 6.45) is 3.14. The van der Waals surface area contributed by atoms with E-state index < -0.39 is 10.9 Å². The fourth-order valence-corrected chi connectivity index (χ4v) is 6.17. The first kappa shape index (κ1) is 17.3. The lowest BCUT2D eigenvalue weighted by Gasteiger charge is -2.17. The lowest BCUT2D eigenvalue weighted by Crippen LogP contribution is -2.05. The van der Waals surface area contributed by atoms with Gasteiger partial charge in [-0.25, -0.2) is 10.9 Å². The molecular formula is C25H22O2S. The molecule has 0 fully saturated rings. The highest BCUT2D eigenvalue weighted by Gasteiger charge is 2.20. The van der Waals surface area contributed by atoms with Crippen molar-refractivity contribution in [1.29, 1.82) is 0 Å². The normalized spacial score (nSPS) is 17.8. The van der Waals surface area contributed by atoms with E-state index in [1.807, 2.05) is 18.2 Å². The average Bonchev–Trinajstić information content (AvgIpc) is 3.15. The summed E-state index contributed by atoms with van der Waals surface area (Å²) in [6, 6.07) is 14.1. The molecule has 4 aromatic carbocycles. The molecule has 0 radical (unpaired) electrons. The maximum absolute atomic E-state index is 13.2. The Labute approximate surface area is 166 Å². The monoisotopic (exact) mass is 386 g/mol. The molecule has 4 aromatic rings. The Kier molecular flexibility index (Phi) is 3.95. The molecule has 28 heavy (non-hydrogen) atoms. The van der Waals surface area contributed by atoms with E-state index in [2.05, 4.69) is 55.0 Å². The number of Topliss-reactive ketones (excluding diaryl/α,β-unsaturated/α-hetero) is 1. The van der Waals surface area contributed by atoms with E-state index in [0.717, 1.165) is 38.9 Å². The molecule has 0 amide bonds. The summed E-state index contributed by atoms with van der Waals surface area (Å²) in [5.74, 6) is 0.801. The van der Waals surface area contributed by atoms with E-state index in [1.165, 1.54) is 5.57 Å². The van der Waals surface area contributed by atoms with Gasteiger partial charge in [0.05, 0.1) is 0 Å². The molecule has 0 saturated carbocycles. The minimum absolute atomic E-state index is 0.106. The number of ketones is 1. The highest BCUT2D eigenvalue weighted by molar-refractivity contribution is 8.22. The first-order chi connectivity index (χ1) is 13.6. The molecule has 1 heterocycles. The number of carbonyl (C=O) groups is 1. The number of carbonyl (C=O) groups excluding carboxylic acids is 1. The Balaban J connectivity index is 1.72. The van der Waals surface area contributed by atoms with Gasteiger partial charge in [0.1, 0.15) is 5.75 Å². The summed E-state index contributed by atoms with van der Waals surface area (Å²) in [5, 5.41) is 21.4. The number of thiol groups is 1. The standard InChI is InChI=1S/C25H22O2S/c1-3-16-10-11-28(13-16)14-22(27)19-9-8-18-7-6-17-5-4-15(2)20-12-21(26)25(19)24(18)23(17)20/h4-13,26,28H,3,14H2,1-2H3. The average molecular weight is 387 g/mol. The first-order valence-corrected chi connectivity index (χ1v) is 11.3. The van der Waals surface area contributed by atoms with Crippen molar-refractivity contribution in [3.63, 3.8) is 0 Å². The molecule has 2 nitrogen and oxygen atoms in total. The van der Waals surface area contributed by atoms with Gasteiger partial charge in [0.15, 0.2) is 5.78 Å². The van der Waals surface area contributed by atoms with Crippen LogP contribution in [0.25, 0.3) is 32.3 Å². The Morgan fingerprint density at radius 2 is 1.71 bits per heavy atom. The molecule has 0 saturated heterocycles. The summed E-state index contributed by atoms with van der Waals surface area (Å²) in [6.45, 7) is 4.20. The van der Waals surface area contributed by atoms with E-state index in [-0.39, 0.29) is 11.5 Å². The SMILES string of the molecule is CCC1=C[SH](CC(=O)c2ccc3ccc4ccc(C)c5cc(O)c2c3c45)C=C1. The van der Waals surface area contributed by atoms with Crippen molar-refractivity contribution < 1.29 is 9.90 Å². The lowest BCUT2D eigenvalue weighted by molar-refractivity contribution is 0.102. The lowest BCUT2D eigenvalue weighted by atomic mass is 9.89. The van der Waals surface area contributed by atoms with Crippen LogP contribution in [0.5, 0.6) is 5.75 Å². The number of phenolic OH excluding ortho intramolecular Hbond substituents is 1. The number of phenols is 1. The molecule has 0 bridgehead atoms. The summed E-state index contributed by atoms with van der Waals surface area (Å²) in [5.41, 5.74) is 3.08. The first-order valence-electron chi connectivity index (χ1n) is 9.64. The van der Waals surface area contributed by atoms with Crippen LogP contribution in [0.15, 0.2) is 64.9 Å². The molecule has 3 heteroatoms. The number of hydrogen-bond donors (Lipinski definition) is 2. The molecule has 1 aliphatic heterocycles. The zero-order chi connectivity index (χ0) is 19.4. The Bertz CT molecular complexity index is 1310. The Morgan fingerprint density at radius 1 is 1.00 bits per heavy atom. The molecule has 0 aromatic heterocycles. The molecule has 1 atom stereocenters. The molecule has 5 rings (SSSR count). The molecule has 1 unspecified atom stereocenters. The third-order valence-corrected chi connectivity index (χ3v) is 7.66. The van der Waals surface area contributed by atoms with Crippen molar-refractivity contribution in [3.8, 4) is 5.75 Å². The molecule has 1 aliphatic rings. The number of hydrogen-bond acceptors (Lipinski definition) is 2. The third kappa shape index (κ3) is 2.54. The maximum Gasteiger partial charge on any atom is 0.172 e. The van der Waals surface area contributed by atoms with Gasteiger partial charge in [-0.05, 0) is 69.0 Å². The molecule has 0 spiro atoms. The molecule has 0 aliphatic carbocycles. The van der Waals surface area contributed by atoms with Crippen LogP contribution >= 0.6 is 10.9 Å². The van der Waals surface area contributed by atoms with Gasteiger partial charge < -0.3 is 5.11 Å². The second kappa shape index (κ2) is 6.39. The smallest absolute Gasteiger partial charge is 0.172 e. The molecular weight excluding hydrogens is 364 g/mol. The summed E-state index contributed by atoms with van der Waals surface area (Å²) >= 11 is 0. The van der Waals surface area contributed by atoms with Crippen LogP contribution in [0.4, 0.5) is 0 Å². The Hall–Kier alpha value is -2.78. The van der Waals surface area contributed by atoms with Gasteiger partial charge >= 0.3 is 0 Å². The van der Waals surface area contributed by atoms with Crippen molar-refractivity contribution in [2.45, 2.75) is 20.3 Å². The topological polar surface area (TPSA) is 37.3 Å². The predicted molar refractivity (Wildman–Crippen MR) is 122 cm³/mol. The van der Waals surface area contributed by atoms with Gasteiger partial charge in [-0.1, -0.05) is 43.3 Å². The Morgan fingerprint density at radius 3 is 2.46 bits per heavy atom. The van der Waals surface area contributed by atoms with Gasteiger partial charge in [0.2, 0.25) is 0 Å². The molecule has 1 N–H and O–H groups in total. The van der Waals surface area contributed by atoms with Crippen LogP contribution in [-0.4, -0.2) is 16.6 Å². The largest absolute Gasteiger partial charge is 0.507 e.